The number of halogens is 1. The maximum atomic E-state index is 12.1. The molecule has 0 radical (unpaired) electrons. The minimum absolute atomic E-state index is 0.173. The highest BCUT2D eigenvalue weighted by Gasteiger charge is 2.12. The first-order valence-electron chi connectivity index (χ1n) is 7.38. The highest BCUT2D eigenvalue weighted by Crippen LogP contribution is 2.18. The molecule has 23 heavy (non-hydrogen) atoms. The minimum atomic E-state index is -0.372. The molecule has 0 saturated carbocycles. The third-order valence-corrected chi connectivity index (χ3v) is 4.19. The lowest BCUT2D eigenvalue weighted by atomic mass is 10.1. The number of nitrogens with zero attached hydrogens (tertiary/aromatic N) is 1. The van der Waals surface area contributed by atoms with Crippen molar-refractivity contribution in [3.63, 3.8) is 0 Å². The number of hydrogen-bond acceptors (Lipinski definition) is 3. The van der Waals surface area contributed by atoms with Gasteiger partial charge in [-0.25, -0.2) is 5.43 Å². The minimum Gasteiger partial charge on any atom is -0.374 e. The summed E-state index contributed by atoms with van der Waals surface area (Å²) >= 11 is 2.27. The molecule has 0 aromatic heterocycles. The summed E-state index contributed by atoms with van der Waals surface area (Å²) < 4.78 is 1.17. The number of amides is 1. The Bertz CT molecular complexity index is 728. The quantitative estimate of drug-likeness (QED) is 0.438. The molecule has 2 rings (SSSR count). The summed E-state index contributed by atoms with van der Waals surface area (Å²) in [7, 11) is 0. The number of nitrogens with one attached hydrogen (secondary N) is 2. The van der Waals surface area contributed by atoms with E-state index < -0.39 is 0 Å². The molecule has 0 aliphatic carbocycles. The molecule has 0 saturated heterocycles. The van der Waals surface area contributed by atoms with Crippen molar-refractivity contribution in [1.29, 1.82) is 0 Å². The Morgan fingerprint density at radius 1 is 1.17 bits per heavy atom. The molecule has 0 fully saturated rings. The average Bonchev–Trinajstić information content (AvgIpc) is 2.51. The van der Waals surface area contributed by atoms with E-state index in [0.29, 0.717) is 0 Å². The van der Waals surface area contributed by atoms with Gasteiger partial charge in [-0.3, -0.25) is 4.79 Å². The highest BCUT2D eigenvalue weighted by molar-refractivity contribution is 14.1. The second kappa shape index (κ2) is 8.10. The molecule has 0 spiro atoms. The predicted octanol–water partition coefficient (Wildman–Crippen LogP) is 3.86. The fourth-order valence-corrected chi connectivity index (χ4v) is 2.73. The monoisotopic (exact) mass is 421 g/mol. The lowest BCUT2D eigenvalue weighted by Gasteiger charge is -2.15. The van der Waals surface area contributed by atoms with Gasteiger partial charge in [0.1, 0.15) is 6.04 Å². The summed E-state index contributed by atoms with van der Waals surface area (Å²) in [6, 6.07) is 13.6. The van der Waals surface area contributed by atoms with Crippen LogP contribution in [0.3, 0.4) is 0 Å². The van der Waals surface area contributed by atoms with Crippen LogP contribution in [0.2, 0.25) is 0 Å². The molecule has 4 nitrogen and oxygen atoms in total. The largest absolute Gasteiger partial charge is 0.374 e. The second-order valence-electron chi connectivity index (χ2n) is 5.42. The lowest BCUT2D eigenvalue weighted by Crippen LogP contribution is -2.35. The normalized spacial score (nSPS) is 12.2. The number of carbonyl (C=O) groups is 1. The molecule has 2 N–H and O–H groups in total. The van der Waals surface area contributed by atoms with Crippen molar-refractivity contribution in [2.45, 2.75) is 26.8 Å². The SMILES string of the molecule is Cc1ccccc1/C=N/NC(=O)C(C)Nc1ccc(I)cc1C. The van der Waals surface area contributed by atoms with Gasteiger partial charge < -0.3 is 5.32 Å². The number of aryl methyl sites for hydroxylation is 2. The van der Waals surface area contributed by atoms with E-state index in [-0.39, 0.29) is 11.9 Å². The van der Waals surface area contributed by atoms with Crippen molar-refractivity contribution in [2.75, 3.05) is 5.32 Å². The van der Waals surface area contributed by atoms with Gasteiger partial charge in [-0.2, -0.15) is 5.10 Å². The fraction of sp³-hybridized carbons (Fsp3) is 0.222. The first kappa shape index (κ1) is 17.5. The topological polar surface area (TPSA) is 53.5 Å². The molecule has 120 valence electrons. The van der Waals surface area contributed by atoms with Gasteiger partial charge in [0.05, 0.1) is 6.21 Å². The number of benzene rings is 2. The molecule has 0 aliphatic rings. The molecule has 1 atom stereocenters. The summed E-state index contributed by atoms with van der Waals surface area (Å²) in [4.78, 5) is 12.1. The summed E-state index contributed by atoms with van der Waals surface area (Å²) in [5.74, 6) is -0.173. The van der Waals surface area contributed by atoms with Crippen LogP contribution in [0.5, 0.6) is 0 Å². The summed E-state index contributed by atoms with van der Waals surface area (Å²) in [5, 5.41) is 7.24. The average molecular weight is 421 g/mol. The Hall–Kier alpha value is -1.89. The lowest BCUT2D eigenvalue weighted by molar-refractivity contribution is -0.121. The van der Waals surface area contributed by atoms with Crippen molar-refractivity contribution in [1.82, 2.24) is 5.43 Å². The van der Waals surface area contributed by atoms with Crippen molar-refractivity contribution in [3.05, 3.63) is 62.7 Å². The van der Waals surface area contributed by atoms with E-state index in [2.05, 4.69) is 44.5 Å². The zero-order valence-corrected chi connectivity index (χ0v) is 15.6. The van der Waals surface area contributed by atoms with E-state index in [1.54, 1.807) is 6.21 Å². The Labute approximate surface area is 150 Å². The van der Waals surface area contributed by atoms with Crippen LogP contribution in [-0.4, -0.2) is 18.2 Å². The van der Waals surface area contributed by atoms with Gasteiger partial charge >= 0.3 is 0 Å². The third-order valence-electron chi connectivity index (χ3n) is 3.52. The van der Waals surface area contributed by atoms with E-state index in [1.807, 2.05) is 57.2 Å². The van der Waals surface area contributed by atoms with Gasteiger partial charge in [0.15, 0.2) is 0 Å². The molecular formula is C18H20IN3O. The zero-order valence-electron chi connectivity index (χ0n) is 13.4. The van der Waals surface area contributed by atoms with Crippen molar-refractivity contribution in [3.8, 4) is 0 Å². The van der Waals surface area contributed by atoms with Crippen LogP contribution >= 0.6 is 22.6 Å². The molecular weight excluding hydrogens is 401 g/mol. The van der Waals surface area contributed by atoms with Gasteiger partial charge in [-0.1, -0.05) is 24.3 Å². The third kappa shape index (κ3) is 5.06. The Morgan fingerprint density at radius 3 is 2.61 bits per heavy atom. The van der Waals surface area contributed by atoms with Gasteiger partial charge in [-0.05, 0) is 78.3 Å². The van der Waals surface area contributed by atoms with E-state index in [9.17, 15) is 4.79 Å². The van der Waals surface area contributed by atoms with Crippen LogP contribution in [0.15, 0.2) is 47.6 Å². The maximum Gasteiger partial charge on any atom is 0.262 e. The number of carbonyl (C=O) groups excluding carboxylic acids is 1. The van der Waals surface area contributed by atoms with Gasteiger partial charge in [0, 0.05) is 9.26 Å². The van der Waals surface area contributed by atoms with Crippen LogP contribution in [0.1, 0.15) is 23.6 Å². The Morgan fingerprint density at radius 2 is 1.91 bits per heavy atom. The molecule has 5 heteroatoms. The van der Waals surface area contributed by atoms with Crippen molar-refractivity contribution >= 4 is 40.4 Å². The molecule has 0 bridgehead atoms. The molecule has 0 aliphatic heterocycles. The zero-order chi connectivity index (χ0) is 16.8. The summed E-state index contributed by atoms with van der Waals surface area (Å²) in [5.41, 5.74) is 6.75. The molecule has 2 aromatic carbocycles. The predicted molar refractivity (Wildman–Crippen MR) is 104 cm³/mol. The Balaban J connectivity index is 1.94. The van der Waals surface area contributed by atoms with Crippen LogP contribution in [-0.2, 0) is 4.79 Å². The molecule has 1 unspecified atom stereocenters. The molecule has 1 amide bonds. The maximum absolute atomic E-state index is 12.1. The first-order chi connectivity index (χ1) is 11.0. The van der Waals surface area contributed by atoms with Gasteiger partial charge in [0.25, 0.3) is 5.91 Å². The second-order valence-corrected chi connectivity index (χ2v) is 6.66. The van der Waals surface area contributed by atoms with Gasteiger partial charge in [-0.15, -0.1) is 0 Å². The summed E-state index contributed by atoms with van der Waals surface area (Å²) in [6.07, 6.45) is 1.66. The number of rotatable bonds is 5. The molecule has 2 aromatic rings. The van der Waals surface area contributed by atoms with E-state index in [4.69, 9.17) is 0 Å². The van der Waals surface area contributed by atoms with Crippen LogP contribution in [0.4, 0.5) is 5.69 Å². The van der Waals surface area contributed by atoms with Crippen molar-refractivity contribution in [2.24, 2.45) is 5.10 Å². The van der Waals surface area contributed by atoms with Crippen LogP contribution in [0.25, 0.3) is 0 Å². The summed E-state index contributed by atoms with van der Waals surface area (Å²) in [6.45, 7) is 5.84. The van der Waals surface area contributed by atoms with Gasteiger partial charge in [0.2, 0.25) is 0 Å². The van der Waals surface area contributed by atoms with E-state index in [1.165, 1.54) is 3.57 Å². The fourth-order valence-electron chi connectivity index (χ4n) is 2.08. The van der Waals surface area contributed by atoms with E-state index >= 15 is 0 Å². The first-order valence-corrected chi connectivity index (χ1v) is 8.46. The molecule has 0 heterocycles. The van der Waals surface area contributed by atoms with Crippen LogP contribution < -0.4 is 10.7 Å². The van der Waals surface area contributed by atoms with Crippen molar-refractivity contribution < 1.29 is 4.79 Å². The smallest absolute Gasteiger partial charge is 0.262 e. The van der Waals surface area contributed by atoms with E-state index in [0.717, 1.165) is 22.4 Å². The number of hydrogen-bond donors (Lipinski definition) is 2. The number of hydrazone groups is 1. The number of anilines is 1. The Kier molecular flexibility index (Phi) is 6.15. The van der Waals surface area contributed by atoms with Crippen LogP contribution in [0, 0.1) is 17.4 Å². The standard InChI is InChI=1S/C18H20IN3O/c1-12-6-4-5-7-15(12)11-20-22-18(23)14(3)21-17-9-8-16(19)10-13(17)2/h4-11,14,21H,1-3H3,(H,22,23)/b20-11+. The highest BCUT2D eigenvalue weighted by atomic mass is 127.